The van der Waals surface area contributed by atoms with Gasteiger partial charge in [-0.25, -0.2) is 4.99 Å². The SMILES string of the molecule is CN1C(=O)C(c2csc(-c3cccc(C#N)c3)c2)(C2CC2)N=C1N. The number of guanidine groups is 1. The molecule has 1 fully saturated rings. The van der Waals surface area contributed by atoms with E-state index in [-0.39, 0.29) is 17.8 Å². The monoisotopic (exact) mass is 336 g/mol. The number of thiophene rings is 1. The number of nitriles is 1. The maximum Gasteiger partial charge on any atom is 0.261 e. The molecule has 6 heteroatoms. The van der Waals surface area contributed by atoms with Gasteiger partial charge in [0.15, 0.2) is 11.5 Å². The third-order valence-corrected chi connectivity index (χ3v) is 5.73. The lowest BCUT2D eigenvalue weighted by molar-refractivity contribution is -0.131. The van der Waals surface area contributed by atoms with Gasteiger partial charge in [0.25, 0.3) is 5.91 Å². The molecule has 1 saturated carbocycles. The summed E-state index contributed by atoms with van der Waals surface area (Å²) in [6.07, 6.45) is 1.98. The number of carbonyl (C=O) groups is 1. The number of hydrogen-bond acceptors (Lipinski definition) is 5. The molecule has 1 aromatic heterocycles. The van der Waals surface area contributed by atoms with E-state index in [1.165, 1.54) is 4.90 Å². The summed E-state index contributed by atoms with van der Waals surface area (Å²) < 4.78 is 0. The van der Waals surface area contributed by atoms with Crippen molar-refractivity contribution >= 4 is 23.2 Å². The maximum atomic E-state index is 12.9. The van der Waals surface area contributed by atoms with Crippen molar-refractivity contribution in [2.75, 3.05) is 7.05 Å². The number of aliphatic imine (C=N–C) groups is 1. The number of amides is 1. The van der Waals surface area contributed by atoms with Crippen molar-refractivity contribution in [3.63, 3.8) is 0 Å². The summed E-state index contributed by atoms with van der Waals surface area (Å²) in [5, 5.41) is 11.1. The van der Waals surface area contributed by atoms with Crippen molar-refractivity contribution in [3.05, 3.63) is 46.8 Å². The van der Waals surface area contributed by atoms with E-state index in [0.717, 1.165) is 28.8 Å². The van der Waals surface area contributed by atoms with Gasteiger partial charge in [-0.05, 0) is 47.9 Å². The molecule has 1 aliphatic heterocycles. The molecule has 2 aliphatic rings. The molecule has 1 aliphatic carbocycles. The summed E-state index contributed by atoms with van der Waals surface area (Å²) in [5.74, 6) is 0.463. The number of hydrogen-bond donors (Lipinski definition) is 1. The van der Waals surface area contributed by atoms with Crippen molar-refractivity contribution < 1.29 is 4.79 Å². The summed E-state index contributed by atoms with van der Waals surface area (Å²) in [6.45, 7) is 0. The van der Waals surface area contributed by atoms with E-state index in [9.17, 15) is 4.79 Å². The van der Waals surface area contributed by atoms with Crippen LogP contribution < -0.4 is 5.73 Å². The first-order chi connectivity index (χ1) is 11.6. The normalized spacial score (nSPS) is 23.2. The van der Waals surface area contributed by atoms with Crippen LogP contribution in [0.5, 0.6) is 0 Å². The molecule has 4 rings (SSSR count). The van der Waals surface area contributed by atoms with Gasteiger partial charge in [-0.1, -0.05) is 12.1 Å². The van der Waals surface area contributed by atoms with E-state index in [4.69, 9.17) is 11.0 Å². The van der Waals surface area contributed by atoms with Gasteiger partial charge >= 0.3 is 0 Å². The first-order valence-electron chi connectivity index (χ1n) is 7.79. The van der Waals surface area contributed by atoms with Crippen molar-refractivity contribution in [1.29, 1.82) is 5.26 Å². The molecule has 0 radical (unpaired) electrons. The smallest absolute Gasteiger partial charge is 0.261 e. The Labute approximate surface area is 144 Å². The Bertz CT molecular complexity index is 906. The van der Waals surface area contributed by atoms with E-state index >= 15 is 0 Å². The molecular weight excluding hydrogens is 320 g/mol. The van der Waals surface area contributed by atoms with Crippen LogP contribution in [0.3, 0.4) is 0 Å². The highest BCUT2D eigenvalue weighted by molar-refractivity contribution is 7.13. The van der Waals surface area contributed by atoms with Gasteiger partial charge in [0, 0.05) is 17.5 Å². The number of carbonyl (C=O) groups excluding carboxylic acids is 1. The molecule has 120 valence electrons. The fourth-order valence-electron chi connectivity index (χ4n) is 3.28. The minimum absolute atomic E-state index is 0.0439. The molecule has 5 nitrogen and oxygen atoms in total. The standard InChI is InChI=1S/C18H16N4OS/c1-22-16(23)18(13-5-6-13,21-17(22)20)14-8-15(24-10-14)12-4-2-3-11(7-12)9-19/h2-4,7-8,10,13H,5-6H2,1H3,(H2,20,21). The van der Waals surface area contributed by atoms with Crippen molar-refractivity contribution in [2.24, 2.45) is 16.6 Å². The predicted octanol–water partition coefficient (Wildman–Crippen LogP) is 2.68. The highest BCUT2D eigenvalue weighted by Crippen LogP contribution is 2.52. The Morgan fingerprint density at radius 3 is 2.83 bits per heavy atom. The largest absolute Gasteiger partial charge is 0.369 e. The third kappa shape index (κ3) is 2.05. The molecule has 1 aromatic carbocycles. The minimum Gasteiger partial charge on any atom is -0.369 e. The zero-order chi connectivity index (χ0) is 16.9. The molecule has 24 heavy (non-hydrogen) atoms. The molecule has 2 aromatic rings. The van der Waals surface area contributed by atoms with E-state index in [1.54, 1.807) is 24.5 Å². The number of benzene rings is 1. The average Bonchev–Trinajstić information content (AvgIpc) is 3.29. The Morgan fingerprint density at radius 2 is 2.21 bits per heavy atom. The number of likely N-dealkylation sites (N-methyl/N-ethyl adjacent to an activating group) is 1. The molecule has 1 unspecified atom stereocenters. The van der Waals surface area contributed by atoms with Crippen LogP contribution >= 0.6 is 11.3 Å². The third-order valence-electron chi connectivity index (χ3n) is 4.75. The summed E-state index contributed by atoms with van der Waals surface area (Å²) in [6, 6.07) is 11.7. The summed E-state index contributed by atoms with van der Waals surface area (Å²) in [4.78, 5) is 19.9. The molecule has 2 N–H and O–H groups in total. The van der Waals surface area contributed by atoms with Crippen LogP contribution in [0.15, 0.2) is 40.7 Å². The summed E-state index contributed by atoms with van der Waals surface area (Å²) in [7, 11) is 1.68. The van der Waals surface area contributed by atoms with Gasteiger partial charge in [-0.15, -0.1) is 11.3 Å². The fraction of sp³-hybridized carbons (Fsp3) is 0.278. The molecule has 2 heterocycles. The van der Waals surface area contributed by atoms with Crippen molar-refractivity contribution in [2.45, 2.75) is 18.4 Å². The lowest BCUT2D eigenvalue weighted by Gasteiger charge is -2.23. The molecular formula is C18H16N4OS. The van der Waals surface area contributed by atoms with Gasteiger partial charge in [-0.3, -0.25) is 9.69 Å². The number of nitrogens with two attached hydrogens (primary N) is 1. The average molecular weight is 336 g/mol. The van der Waals surface area contributed by atoms with Crippen LogP contribution in [0.2, 0.25) is 0 Å². The van der Waals surface area contributed by atoms with E-state index in [0.29, 0.717) is 5.56 Å². The predicted molar refractivity (Wildman–Crippen MR) is 93.3 cm³/mol. The molecule has 1 amide bonds. The summed E-state index contributed by atoms with van der Waals surface area (Å²) >= 11 is 1.57. The van der Waals surface area contributed by atoms with E-state index < -0.39 is 5.54 Å². The Morgan fingerprint density at radius 1 is 1.42 bits per heavy atom. The topological polar surface area (TPSA) is 82.5 Å². The van der Waals surface area contributed by atoms with Gasteiger partial charge in [0.1, 0.15) is 0 Å². The lowest BCUT2D eigenvalue weighted by atomic mass is 9.86. The Hall–Kier alpha value is -2.65. The van der Waals surface area contributed by atoms with E-state index in [1.807, 2.05) is 29.6 Å². The van der Waals surface area contributed by atoms with Crippen LogP contribution in [0, 0.1) is 17.2 Å². The number of nitrogens with zero attached hydrogens (tertiary/aromatic N) is 3. The van der Waals surface area contributed by atoms with Crippen LogP contribution in [-0.4, -0.2) is 23.8 Å². The zero-order valence-corrected chi connectivity index (χ0v) is 14.0. The Kier molecular flexibility index (Phi) is 3.22. The zero-order valence-electron chi connectivity index (χ0n) is 13.2. The highest BCUT2D eigenvalue weighted by atomic mass is 32.1. The van der Waals surface area contributed by atoms with Gasteiger partial charge in [-0.2, -0.15) is 5.26 Å². The fourth-order valence-corrected chi connectivity index (χ4v) is 4.24. The second kappa shape index (κ2) is 5.18. The van der Waals surface area contributed by atoms with Crippen molar-refractivity contribution in [3.8, 4) is 16.5 Å². The first kappa shape index (κ1) is 14.9. The second-order valence-electron chi connectivity index (χ2n) is 6.27. The minimum atomic E-state index is -0.861. The summed E-state index contributed by atoms with van der Waals surface area (Å²) in [5.41, 5.74) is 7.57. The van der Waals surface area contributed by atoms with Crippen LogP contribution in [-0.2, 0) is 10.3 Å². The quantitative estimate of drug-likeness (QED) is 0.935. The molecule has 1 atom stereocenters. The highest BCUT2D eigenvalue weighted by Gasteiger charge is 2.57. The van der Waals surface area contributed by atoms with Crippen LogP contribution in [0.1, 0.15) is 24.0 Å². The Balaban J connectivity index is 1.79. The van der Waals surface area contributed by atoms with Gasteiger partial charge < -0.3 is 5.73 Å². The van der Waals surface area contributed by atoms with Crippen LogP contribution in [0.4, 0.5) is 0 Å². The maximum absolute atomic E-state index is 12.9. The lowest BCUT2D eigenvalue weighted by Crippen LogP contribution is -2.41. The van der Waals surface area contributed by atoms with Gasteiger partial charge in [0.05, 0.1) is 11.6 Å². The van der Waals surface area contributed by atoms with E-state index in [2.05, 4.69) is 11.1 Å². The molecule has 0 saturated heterocycles. The first-order valence-corrected chi connectivity index (χ1v) is 8.67. The second-order valence-corrected chi connectivity index (χ2v) is 7.18. The van der Waals surface area contributed by atoms with Crippen molar-refractivity contribution in [1.82, 2.24) is 4.90 Å². The number of rotatable bonds is 3. The van der Waals surface area contributed by atoms with Gasteiger partial charge in [0.2, 0.25) is 0 Å². The van der Waals surface area contributed by atoms with Crippen LogP contribution in [0.25, 0.3) is 10.4 Å². The molecule has 0 bridgehead atoms. The molecule has 0 spiro atoms.